The van der Waals surface area contributed by atoms with Crippen molar-refractivity contribution in [2.45, 2.75) is 82.7 Å². The monoisotopic (exact) mass is 264 g/mol. The SMILES string of the molecule is CCC1(CC)CNC2(CCCC2)CN1CCC1CC1. The van der Waals surface area contributed by atoms with E-state index in [0.29, 0.717) is 11.1 Å². The summed E-state index contributed by atoms with van der Waals surface area (Å²) in [6.07, 6.45) is 12.8. The maximum Gasteiger partial charge on any atom is 0.0329 e. The van der Waals surface area contributed by atoms with E-state index in [2.05, 4.69) is 24.1 Å². The first-order chi connectivity index (χ1) is 9.22. The van der Waals surface area contributed by atoms with E-state index in [9.17, 15) is 0 Å². The second kappa shape index (κ2) is 5.37. The average molecular weight is 264 g/mol. The van der Waals surface area contributed by atoms with Gasteiger partial charge in [-0.2, -0.15) is 0 Å². The highest BCUT2D eigenvalue weighted by atomic mass is 15.3. The molecule has 1 saturated heterocycles. The summed E-state index contributed by atoms with van der Waals surface area (Å²) in [6.45, 7) is 8.69. The third kappa shape index (κ3) is 2.71. The summed E-state index contributed by atoms with van der Waals surface area (Å²) in [5.74, 6) is 1.07. The summed E-state index contributed by atoms with van der Waals surface area (Å²) in [7, 11) is 0. The quantitative estimate of drug-likeness (QED) is 0.817. The lowest BCUT2D eigenvalue weighted by Gasteiger charge is -2.54. The molecule has 0 aromatic rings. The number of hydrogen-bond acceptors (Lipinski definition) is 2. The van der Waals surface area contributed by atoms with Gasteiger partial charge in [0.2, 0.25) is 0 Å². The highest BCUT2D eigenvalue weighted by molar-refractivity contribution is 5.06. The lowest BCUT2D eigenvalue weighted by Crippen LogP contribution is -2.69. The third-order valence-electron chi connectivity index (χ3n) is 6.34. The Balaban J connectivity index is 1.70. The first-order valence-electron chi connectivity index (χ1n) is 8.72. The highest BCUT2D eigenvalue weighted by Gasteiger charge is 2.46. The van der Waals surface area contributed by atoms with Gasteiger partial charge in [-0.05, 0) is 44.6 Å². The minimum Gasteiger partial charge on any atom is -0.308 e. The fraction of sp³-hybridized carbons (Fsp3) is 1.00. The van der Waals surface area contributed by atoms with Gasteiger partial charge in [0.15, 0.2) is 0 Å². The van der Waals surface area contributed by atoms with E-state index in [0.717, 1.165) is 5.92 Å². The molecule has 0 radical (unpaired) electrons. The van der Waals surface area contributed by atoms with E-state index < -0.39 is 0 Å². The second-order valence-corrected chi connectivity index (χ2v) is 7.43. The zero-order chi connectivity index (χ0) is 13.3. The van der Waals surface area contributed by atoms with Crippen molar-refractivity contribution in [2.24, 2.45) is 5.92 Å². The molecule has 3 fully saturated rings. The Morgan fingerprint density at radius 1 is 1.11 bits per heavy atom. The van der Waals surface area contributed by atoms with Crippen molar-refractivity contribution in [1.29, 1.82) is 0 Å². The first-order valence-corrected chi connectivity index (χ1v) is 8.72. The molecule has 19 heavy (non-hydrogen) atoms. The van der Waals surface area contributed by atoms with Crippen LogP contribution in [0.2, 0.25) is 0 Å². The van der Waals surface area contributed by atoms with Crippen LogP contribution < -0.4 is 5.32 Å². The molecule has 0 aromatic heterocycles. The molecule has 0 bridgehead atoms. The van der Waals surface area contributed by atoms with Gasteiger partial charge in [-0.3, -0.25) is 4.90 Å². The van der Waals surface area contributed by atoms with E-state index in [1.54, 1.807) is 0 Å². The van der Waals surface area contributed by atoms with Crippen LogP contribution in [0.5, 0.6) is 0 Å². The zero-order valence-corrected chi connectivity index (χ0v) is 13.0. The molecule has 3 rings (SSSR count). The fourth-order valence-corrected chi connectivity index (χ4v) is 4.45. The smallest absolute Gasteiger partial charge is 0.0329 e. The molecule has 2 saturated carbocycles. The van der Waals surface area contributed by atoms with Gasteiger partial charge >= 0.3 is 0 Å². The Bertz CT molecular complexity index is 298. The van der Waals surface area contributed by atoms with E-state index in [-0.39, 0.29) is 0 Å². The zero-order valence-electron chi connectivity index (χ0n) is 13.0. The predicted octanol–water partition coefficient (Wildman–Crippen LogP) is 3.56. The Kier molecular flexibility index (Phi) is 3.92. The molecule has 110 valence electrons. The van der Waals surface area contributed by atoms with Gasteiger partial charge in [-0.1, -0.05) is 39.5 Å². The van der Waals surface area contributed by atoms with Crippen LogP contribution in [-0.2, 0) is 0 Å². The summed E-state index contributed by atoms with van der Waals surface area (Å²) in [5, 5.41) is 3.98. The van der Waals surface area contributed by atoms with Crippen LogP contribution in [0, 0.1) is 5.92 Å². The summed E-state index contributed by atoms with van der Waals surface area (Å²) in [6, 6.07) is 0. The fourth-order valence-electron chi connectivity index (χ4n) is 4.45. The lowest BCUT2D eigenvalue weighted by atomic mass is 9.82. The Hall–Kier alpha value is -0.0800. The van der Waals surface area contributed by atoms with Gasteiger partial charge in [0.05, 0.1) is 0 Å². The Morgan fingerprint density at radius 2 is 1.79 bits per heavy atom. The van der Waals surface area contributed by atoms with Crippen LogP contribution in [0.4, 0.5) is 0 Å². The van der Waals surface area contributed by atoms with Gasteiger partial charge in [0.1, 0.15) is 0 Å². The third-order valence-corrected chi connectivity index (χ3v) is 6.34. The molecule has 0 unspecified atom stereocenters. The minimum atomic E-state index is 0.447. The van der Waals surface area contributed by atoms with Crippen molar-refractivity contribution in [1.82, 2.24) is 10.2 Å². The molecule has 0 aromatic carbocycles. The Morgan fingerprint density at radius 3 is 2.37 bits per heavy atom. The van der Waals surface area contributed by atoms with Crippen LogP contribution in [-0.4, -0.2) is 35.6 Å². The van der Waals surface area contributed by atoms with Gasteiger partial charge in [-0.15, -0.1) is 0 Å². The highest BCUT2D eigenvalue weighted by Crippen LogP contribution is 2.40. The number of nitrogens with zero attached hydrogens (tertiary/aromatic N) is 1. The van der Waals surface area contributed by atoms with Crippen molar-refractivity contribution < 1.29 is 0 Å². The topological polar surface area (TPSA) is 15.3 Å². The average Bonchev–Trinajstić information content (AvgIpc) is 3.17. The molecule has 0 amide bonds. The van der Waals surface area contributed by atoms with Gasteiger partial charge in [0.25, 0.3) is 0 Å². The molecule has 2 aliphatic carbocycles. The van der Waals surface area contributed by atoms with E-state index in [1.165, 1.54) is 77.4 Å². The predicted molar refractivity (Wildman–Crippen MR) is 81.4 cm³/mol. The summed E-state index contributed by atoms with van der Waals surface area (Å²) in [4.78, 5) is 2.90. The molecular formula is C17H32N2. The number of nitrogens with one attached hydrogen (secondary N) is 1. The molecular weight excluding hydrogens is 232 g/mol. The molecule has 0 atom stereocenters. The van der Waals surface area contributed by atoms with Crippen molar-refractivity contribution >= 4 is 0 Å². The van der Waals surface area contributed by atoms with Crippen LogP contribution in [0.1, 0.15) is 71.6 Å². The van der Waals surface area contributed by atoms with Gasteiger partial charge < -0.3 is 5.32 Å². The van der Waals surface area contributed by atoms with Crippen LogP contribution >= 0.6 is 0 Å². The summed E-state index contributed by atoms with van der Waals surface area (Å²) in [5.41, 5.74) is 0.931. The largest absolute Gasteiger partial charge is 0.308 e. The molecule has 1 N–H and O–H groups in total. The number of hydrogen-bond donors (Lipinski definition) is 1. The molecule has 1 heterocycles. The lowest BCUT2D eigenvalue weighted by molar-refractivity contribution is -0.00173. The van der Waals surface area contributed by atoms with Crippen LogP contribution in [0.25, 0.3) is 0 Å². The normalized spacial score (nSPS) is 30.0. The molecule has 3 aliphatic rings. The second-order valence-electron chi connectivity index (χ2n) is 7.43. The summed E-state index contributed by atoms with van der Waals surface area (Å²) >= 11 is 0. The molecule has 1 aliphatic heterocycles. The number of piperazine rings is 1. The van der Waals surface area contributed by atoms with E-state index in [1.807, 2.05) is 0 Å². The molecule has 1 spiro atoms. The van der Waals surface area contributed by atoms with Crippen LogP contribution in [0.3, 0.4) is 0 Å². The van der Waals surface area contributed by atoms with Crippen molar-refractivity contribution in [3.63, 3.8) is 0 Å². The maximum atomic E-state index is 3.98. The standard InChI is InChI=1S/C17H32N2/c1-3-17(4-2)13-18-16(10-5-6-11-16)14-19(17)12-9-15-7-8-15/h15,18H,3-14H2,1-2H3. The molecule has 2 nitrogen and oxygen atoms in total. The maximum absolute atomic E-state index is 3.98. The summed E-state index contributed by atoms with van der Waals surface area (Å²) < 4.78 is 0. The van der Waals surface area contributed by atoms with Gasteiger partial charge in [0, 0.05) is 24.2 Å². The molecule has 2 heteroatoms. The van der Waals surface area contributed by atoms with Crippen molar-refractivity contribution in [3.8, 4) is 0 Å². The van der Waals surface area contributed by atoms with E-state index in [4.69, 9.17) is 0 Å². The minimum absolute atomic E-state index is 0.447. The van der Waals surface area contributed by atoms with Crippen molar-refractivity contribution in [2.75, 3.05) is 19.6 Å². The van der Waals surface area contributed by atoms with Crippen LogP contribution in [0.15, 0.2) is 0 Å². The Labute approximate surface area is 119 Å². The number of rotatable bonds is 5. The first kappa shape index (κ1) is 13.9. The van der Waals surface area contributed by atoms with Crippen molar-refractivity contribution in [3.05, 3.63) is 0 Å². The van der Waals surface area contributed by atoms with Gasteiger partial charge in [-0.25, -0.2) is 0 Å². The van der Waals surface area contributed by atoms with E-state index >= 15 is 0 Å².